The molecule has 5 nitrogen and oxygen atoms in total. The molecule has 0 radical (unpaired) electrons. The zero-order valence-corrected chi connectivity index (χ0v) is 17.8. The first-order valence-electron chi connectivity index (χ1n) is 8.58. The molecule has 1 unspecified atom stereocenters. The number of ether oxygens (including phenoxy) is 1. The summed E-state index contributed by atoms with van der Waals surface area (Å²) in [6.07, 6.45) is 4.43. The smallest absolute Gasteiger partial charge is 0.191 e. The van der Waals surface area contributed by atoms with Gasteiger partial charge in [0.25, 0.3) is 0 Å². The summed E-state index contributed by atoms with van der Waals surface area (Å²) < 4.78 is 5.70. The van der Waals surface area contributed by atoms with E-state index in [4.69, 9.17) is 4.74 Å². The SMILES string of the molecule is C=CCOc1ccccc1CNC(=NC)NCC(C1CC1)N(C)C.I. The molecule has 1 saturated carbocycles. The molecule has 1 aromatic rings. The quantitative estimate of drug-likeness (QED) is 0.259. The molecule has 1 aromatic carbocycles. The highest BCUT2D eigenvalue weighted by Gasteiger charge is 2.32. The zero-order valence-electron chi connectivity index (χ0n) is 15.5. The predicted octanol–water partition coefficient (Wildman–Crippen LogP) is 2.87. The number of para-hydroxylation sites is 1. The third-order valence-corrected chi connectivity index (χ3v) is 4.31. The lowest BCUT2D eigenvalue weighted by Crippen LogP contribution is -2.45. The average Bonchev–Trinajstić information content (AvgIpc) is 3.41. The zero-order chi connectivity index (χ0) is 17.4. The Bertz CT molecular complexity index is 556. The van der Waals surface area contributed by atoms with Crippen LogP contribution in [0.1, 0.15) is 18.4 Å². The monoisotopic (exact) mass is 458 g/mol. The van der Waals surface area contributed by atoms with Gasteiger partial charge >= 0.3 is 0 Å². The fourth-order valence-corrected chi connectivity index (χ4v) is 2.79. The molecule has 1 aliphatic rings. The second-order valence-corrected chi connectivity index (χ2v) is 6.38. The molecule has 0 amide bonds. The van der Waals surface area contributed by atoms with Crippen LogP contribution < -0.4 is 15.4 Å². The highest BCUT2D eigenvalue weighted by atomic mass is 127. The van der Waals surface area contributed by atoms with Crippen LogP contribution in [-0.2, 0) is 6.54 Å². The van der Waals surface area contributed by atoms with Crippen molar-refractivity contribution in [3.8, 4) is 5.75 Å². The lowest BCUT2D eigenvalue weighted by atomic mass is 10.1. The third kappa shape index (κ3) is 7.23. The van der Waals surface area contributed by atoms with Crippen molar-refractivity contribution in [1.29, 1.82) is 0 Å². The predicted molar refractivity (Wildman–Crippen MR) is 116 cm³/mol. The number of likely N-dealkylation sites (N-methyl/N-ethyl adjacent to an activating group) is 1. The van der Waals surface area contributed by atoms with Gasteiger partial charge in [0, 0.05) is 31.7 Å². The topological polar surface area (TPSA) is 48.9 Å². The van der Waals surface area contributed by atoms with Gasteiger partial charge < -0.3 is 20.3 Å². The second-order valence-electron chi connectivity index (χ2n) is 6.38. The number of guanidine groups is 1. The summed E-state index contributed by atoms with van der Waals surface area (Å²) in [5, 5.41) is 6.82. The van der Waals surface area contributed by atoms with E-state index in [2.05, 4.69) is 47.3 Å². The number of nitrogens with zero attached hydrogens (tertiary/aromatic N) is 2. The Labute approximate surface area is 168 Å². The van der Waals surface area contributed by atoms with E-state index in [1.165, 1.54) is 12.8 Å². The van der Waals surface area contributed by atoms with Gasteiger partial charge in [-0.1, -0.05) is 30.9 Å². The maximum Gasteiger partial charge on any atom is 0.191 e. The number of aliphatic imine (C=N–C) groups is 1. The fraction of sp³-hybridized carbons (Fsp3) is 0.526. The van der Waals surface area contributed by atoms with E-state index in [9.17, 15) is 0 Å². The summed E-state index contributed by atoms with van der Waals surface area (Å²) in [7, 11) is 6.10. The molecule has 0 aromatic heterocycles. The summed E-state index contributed by atoms with van der Waals surface area (Å²) in [4.78, 5) is 6.63. The van der Waals surface area contributed by atoms with Crippen LogP contribution in [0.3, 0.4) is 0 Å². The van der Waals surface area contributed by atoms with Crippen molar-refractivity contribution in [2.75, 3.05) is 34.3 Å². The molecule has 0 bridgehead atoms. The molecular formula is C19H31IN4O. The van der Waals surface area contributed by atoms with Crippen LogP contribution in [0, 0.1) is 5.92 Å². The van der Waals surface area contributed by atoms with Crippen LogP contribution in [0.25, 0.3) is 0 Å². The van der Waals surface area contributed by atoms with E-state index < -0.39 is 0 Å². The van der Waals surface area contributed by atoms with Crippen molar-refractivity contribution in [2.24, 2.45) is 10.9 Å². The molecule has 1 fully saturated rings. The lowest BCUT2D eigenvalue weighted by Gasteiger charge is -2.25. The van der Waals surface area contributed by atoms with Gasteiger partial charge in [0.2, 0.25) is 0 Å². The first-order chi connectivity index (χ1) is 11.7. The van der Waals surface area contributed by atoms with E-state index in [-0.39, 0.29) is 24.0 Å². The van der Waals surface area contributed by atoms with Crippen molar-refractivity contribution in [3.63, 3.8) is 0 Å². The maximum absolute atomic E-state index is 5.70. The Balaban J connectivity index is 0.00000312. The van der Waals surface area contributed by atoms with Crippen LogP contribution in [0.15, 0.2) is 41.9 Å². The molecule has 140 valence electrons. The van der Waals surface area contributed by atoms with Crippen molar-refractivity contribution in [2.45, 2.75) is 25.4 Å². The van der Waals surface area contributed by atoms with E-state index in [0.29, 0.717) is 19.2 Å². The van der Waals surface area contributed by atoms with Crippen molar-refractivity contribution < 1.29 is 4.74 Å². The van der Waals surface area contributed by atoms with Crippen molar-refractivity contribution in [1.82, 2.24) is 15.5 Å². The Morgan fingerprint density at radius 3 is 2.68 bits per heavy atom. The summed E-state index contributed by atoms with van der Waals surface area (Å²) in [6.45, 7) is 5.78. The molecule has 0 spiro atoms. The van der Waals surface area contributed by atoms with Crippen molar-refractivity contribution >= 4 is 29.9 Å². The van der Waals surface area contributed by atoms with Crippen LogP contribution in [0.5, 0.6) is 5.75 Å². The van der Waals surface area contributed by atoms with Crippen molar-refractivity contribution in [3.05, 3.63) is 42.5 Å². The standard InChI is InChI=1S/C19H30N4O.HI/c1-5-12-24-18-9-7-6-8-16(18)13-21-19(20-2)22-14-17(23(3)4)15-10-11-15;/h5-9,15,17H,1,10-14H2,2-4H3,(H2,20,21,22);1H. The van der Waals surface area contributed by atoms with Gasteiger partial charge in [-0.05, 0) is 38.9 Å². The Kier molecular flexibility index (Phi) is 9.89. The number of hydrogen-bond donors (Lipinski definition) is 2. The molecule has 0 saturated heterocycles. The van der Waals surface area contributed by atoms with Gasteiger partial charge in [-0.3, -0.25) is 4.99 Å². The van der Waals surface area contributed by atoms with Gasteiger partial charge in [0.1, 0.15) is 12.4 Å². The minimum Gasteiger partial charge on any atom is -0.489 e. The van der Waals surface area contributed by atoms with Crippen LogP contribution in [0.2, 0.25) is 0 Å². The van der Waals surface area contributed by atoms with Gasteiger partial charge in [-0.2, -0.15) is 0 Å². The lowest BCUT2D eigenvalue weighted by molar-refractivity contribution is 0.264. The van der Waals surface area contributed by atoms with Crippen LogP contribution >= 0.6 is 24.0 Å². The first kappa shape index (κ1) is 21.8. The van der Waals surface area contributed by atoms with E-state index in [1.807, 2.05) is 18.2 Å². The molecule has 1 atom stereocenters. The van der Waals surface area contributed by atoms with Crippen LogP contribution in [-0.4, -0.2) is 51.2 Å². The maximum atomic E-state index is 5.70. The number of nitrogens with one attached hydrogen (secondary N) is 2. The Morgan fingerprint density at radius 2 is 2.08 bits per heavy atom. The van der Waals surface area contributed by atoms with Gasteiger partial charge in [-0.25, -0.2) is 0 Å². The Hall–Kier alpha value is -1.28. The minimum absolute atomic E-state index is 0. The first-order valence-corrected chi connectivity index (χ1v) is 8.58. The number of rotatable bonds is 9. The molecule has 2 rings (SSSR count). The third-order valence-electron chi connectivity index (χ3n) is 4.31. The highest BCUT2D eigenvalue weighted by Crippen LogP contribution is 2.34. The van der Waals surface area contributed by atoms with Gasteiger partial charge in [0.15, 0.2) is 5.96 Å². The summed E-state index contributed by atoms with van der Waals surface area (Å²) >= 11 is 0. The molecular weight excluding hydrogens is 427 g/mol. The van der Waals surface area contributed by atoms with Gasteiger partial charge in [0.05, 0.1) is 0 Å². The fourth-order valence-electron chi connectivity index (χ4n) is 2.79. The highest BCUT2D eigenvalue weighted by molar-refractivity contribution is 14.0. The Morgan fingerprint density at radius 1 is 1.36 bits per heavy atom. The molecule has 2 N–H and O–H groups in total. The molecule has 25 heavy (non-hydrogen) atoms. The average molecular weight is 458 g/mol. The number of benzene rings is 1. The molecule has 0 heterocycles. The van der Waals surface area contributed by atoms with E-state index >= 15 is 0 Å². The van der Waals surface area contributed by atoms with Gasteiger partial charge in [-0.15, -0.1) is 24.0 Å². The minimum atomic E-state index is 0. The largest absolute Gasteiger partial charge is 0.489 e. The summed E-state index contributed by atoms with van der Waals surface area (Å²) in [5.41, 5.74) is 1.11. The normalized spacial score (nSPS) is 15.3. The summed E-state index contributed by atoms with van der Waals surface area (Å²) in [6, 6.07) is 8.60. The summed E-state index contributed by atoms with van der Waals surface area (Å²) in [5.74, 6) is 2.52. The molecule has 0 aliphatic heterocycles. The van der Waals surface area contributed by atoms with E-state index in [1.54, 1.807) is 13.1 Å². The van der Waals surface area contributed by atoms with E-state index in [0.717, 1.165) is 29.7 Å². The number of halogens is 1. The molecule has 1 aliphatic carbocycles. The number of hydrogen-bond acceptors (Lipinski definition) is 3. The van der Waals surface area contributed by atoms with Crippen LogP contribution in [0.4, 0.5) is 0 Å². The molecule has 6 heteroatoms. The second kappa shape index (κ2) is 11.4.